The molecule has 4 nitrogen and oxygen atoms in total. The van der Waals surface area contributed by atoms with Gasteiger partial charge in [-0.15, -0.1) is 0 Å². The zero-order chi connectivity index (χ0) is 20.2. The van der Waals surface area contributed by atoms with E-state index in [2.05, 4.69) is 35.9 Å². The van der Waals surface area contributed by atoms with Crippen LogP contribution >= 0.6 is 0 Å². The van der Waals surface area contributed by atoms with Crippen molar-refractivity contribution in [2.45, 2.75) is 26.7 Å². The number of pyridine rings is 2. The molecule has 4 aromatic rings. The molecule has 0 N–H and O–H groups in total. The summed E-state index contributed by atoms with van der Waals surface area (Å²) in [7, 11) is 0. The van der Waals surface area contributed by atoms with Crippen LogP contribution in [-0.4, -0.2) is 15.8 Å². The van der Waals surface area contributed by atoms with E-state index >= 15 is 0 Å². The molecule has 0 aliphatic carbocycles. The minimum atomic E-state index is 0.142. The molecule has 0 saturated heterocycles. The number of Topliss-reactive ketones (excluding diaryl/α,β-unsaturated/α-hetero) is 1. The van der Waals surface area contributed by atoms with E-state index in [1.807, 2.05) is 48.5 Å². The Bertz CT molecular complexity index is 1150. The second-order valence-corrected chi connectivity index (χ2v) is 7.23. The molecule has 2 aromatic carbocycles. The van der Waals surface area contributed by atoms with Crippen molar-refractivity contribution in [3.05, 3.63) is 95.4 Å². The van der Waals surface area contributed by atoms with Gasteiger partial charge in [-0.3, -0.25) is 14.8 Å². The standard InChI is InChI=1S/C25H22N2O2/c1-17-12-23-24(13-18(17)2)26-11-10-25(23)29-22-9-8-20(27-16-22)15-21(28)14-19-6-4-3-5-7-19/h3-13,16H,14-15H2,1-2H3. The SMILES string of the molecule is Cc1cc2nccc(Oc3ccc(CC(=O)Cc4ccccc4)nc3)c2cc1C. The fraction of sp³-hybridized carbons (Fsp3) is 0.160. The molecule has 0 atom stereocenters. The zero-order valence-corrected chi connectivity index (χ0v) is 16.6. The third-order valence-electron chi connectivity index (χ3n) is 4.96. The number of nitrogens with zero attached hydrogens (tertiary/aromatic N) is 2. The minimum Gasteiger partial charge on any atom is -0.455 e. The molecular weight excluding hydrogens is 360 g/mol. The van der Waals surface area contributed by atoms with Crippen LogP contribution in [0.25, 0.3) is 10.9 Å². The number of benzene rings is 2. The van der Waals surface area contributed by atoms with Gasteiger partial charge in [0, 0.05) is 30.1 Å². The molecule has 0 bridgehead atoms. The summed E-state index contributed by atoms with van der Waals surface area (Å²) in [4.78, 5) is 21.1. The van der Waals surface area contributed by atoms with Gasteiger partial charge in [-0.2, -0.15) is 0 Å². The van der Waals surface area contributed by atoms with E-state index in [0.717, 1.165) is 27.9 Å². The fourth-order valence-electron chi connectivity index (χ4n) is 3.26. The molecule has 4 heteroatoms. The second-order valence-electron chi connectivity index (χ2n) is 7.23. The summed E-state index contributed by atoms with van der Waals surface area (Å²) in [5.74, 6) is 1.52. The third kappa shape index (κ3) is 4.49. The van der Waals surface area contributed by atoms with Gasteiger partial charge in [0.2, 0.25) is 0 Å². The molecule has 144 valence electrons. The lowest BCUT2D eigenvalue weighted by molar-refractivity contribution is -0.117. The Morgan fingerprint density at radius 3 is 2.45 bits per heavy atom. The van der Waals surface area contributed by atoms with Crippen LogP contribution in [0.2, 0.25) is 0 Å². The van der Waals surface area contributed by atoms with Crippen LogP contribution in [0.5, 0.6) is 11.5 Å². The van der Waals surface area contributed by atoms with Gasteiger partial charge in [-0.1, -0.05) is 30.3 Å². The Kier molecular flexibility index (Phi) is 5.34. The quantitative estimate of drug-likeness (QED) is 0.448. The van der Waals surface area contributed by atoms with Gasteiger partial charge in [0.1, 0.15) is 17.3 Å². The summed E-state index contributed by atoms with van der Waals surface area (Å²) in [6, 6.07) is 19.5. The lowest BCUT2D eigenvalue weighted by Crippen LogP contribution is -2.07. The number of carbonyl (C=O) groups is 1. The van der Waals surface area contributed by atoms with Crippen LogP contribution in [0.1, 0.15) is 22.4 Å². The van der Waals surface area contributed by atoms with Gasteiger partial charge in [0.15, 0.2) is 0 Å². The molecule has 0 aliphatic heterocycles. The molecule has 0 unspecified atom stereocenters. The predicted octanol–water partition coefficient (Wildman–Crippen LogP) is 5.39. The Morgan fingerprint density at radius 1 is 0.897 bits per heavy atom. The first-order valence-electron chi connectivity index (χ1n) is 9.63. The van der Waals surface area contributed by atoms with E-state index in [1.54, 1.807) is 12.4 Å². The van der Waals surface area contributed by atoms with Crippen LogP contribution in [0.15, 0.2) is 73.1 Å². The van der Waals surface area contributed by atoms with Gasteiger partial charge in [-0.05, 0) is 60.9 Å². The maximum Gasteiger partial charge on any atom is 0.145 e. The van der Waals surface area contributed by atoms with E-state index in [0.29, 0.717) is 18.6 Å². The first-order chi connectivity index (χ1) is 14.1. The largest absolute Gasteiger partial charge is 0.455 e. The smallest absolute Gasteiger partial charge is 0.145 e. The zero-order valence-electron chi connectivity index (χ0n) is 16.6. The number of aromatic nitrogens is 2. The van der Waals surface area contributed by atoms with Crippen molar-refractivity contribution in [1.82, 2.24) is 9.97 Å². The molecule has 2 aromatic heterocycles. The summed E-state index contributed by atoms with van der Waals surface area (Å²) in [5.41, 5.74) is 5.06. The van der Waals surface area contributed by atoms with Crippen LogP contribution < -0.4 is 4.74 Å². The summed E-state index contributed by atoms with van der Waals surface area (Å²) in [6.07, 6.45) is 4.14. The Balaban J connectivity index is 1.47. The molecule has 0 saturated carbocycles. The molecular formula is C25H22N2O2. The fourth-order valence-corrected chi connectivity index (χ4v) is 3.26. The number of ether oxygens (including phenoxy) is 1. The molecule has 0 radical (unpaired) electrons. The average molecular weight is 382 g/mol. The lowest BCUT2D eigenvalue weighted by Gasteiger charge is -2.10. The number of hydrogen-bond acceptors (Lipinski definition) is 4. The Labute approximate surface area is 170 Å². The van der Waals surface area contributed by atoms with Gasteiger partial charge >= 0.3 is 0 Å². The van der Waals surface area contributed by atoms with Crippen LogP contribution in [-0.2, 0) is 17.6 Å². The summed E-state index contributed by atoms with van der Waals surface area (Å²) in [6.45, 7) is 4.15. The van der Waals surface area contributed by atoms with E-state index in [4.69, 9.17) is 4.74 Å². The lowest BCUT2D eigenvalue weighted by atomic mass is 10.1. The molecule has 0 aliphatic rings. The van der Waals surface area contributed by atoms with Crippen LogP contribution in [0.3, 0.4) is 0 Å². The molecule has 0 fully saturated rings. The molecule has 0 amide bonds. The van der Waals surface area contributed by atoms with Crippen molar-refractivity contribution < 1.29 is 9.53 Å². The highest BCUT2D eigenvalue weighted by atomic mass is 16.5. The van der Waals surface area contributed by atoms with Gasteiger partial charge in [0.25, 0.3) is 0 Å². The number of rotatable bonds is 6. The Morgan fingerprint density at radius 2 is 1.69 bits per heavy atom. The first kappa shape index (κ1) is 18.8. The third-order valence-corrected chi connectivity index (χ3v) is 4.96. The molecule has 0 spiro atoms. The van der Waals surface area contributed by atoms with E-state index in [9.17, 15) is 4.79 Å². The Hall–Kier alpha value is -3.53. The highest BCUT2D eigenvalue weighted by Crippen LogP contribution is 2.30. The van der Waals surface area contributed by atoms with Crippen molar-refractivity contribution in [1.29, 1.82) is 0 Å². The van der Waals surface area contributed by atoms with Crippen molar-refractivity contribution in [3.63, 3.8) is 0 Å². The van der Waals surface area contributed by atoms with E-state index < -0.39 is 0 Å². The first-order valence-corrected chi connectivity index (χ1v) is 9.63. The number of hydrogen-bond donors (Lipinski definition) is 0. The summed E-state index contributed by atoms with van der Waals surface area (Å²) >= 11 is 0. The van der Waals surface area contributed by atoms with E-state index in [1.165, 1.54) is 11.1 Å². The topological polar surface area (TPSA) is 52.1 Å². The summed E-state index contributed by atoms with van der Waals surface area (Å²) in [5, 5.41) is 0.970. The van der Waals surface area contributed by atoms with Gasteiger partial charge < -0.3 is 4.74 Å². The van der Waals surface area contributed by atoms with Crippen molar-refractivity contribution in [2.24, 2.45) is 0 Å². The predicted molar refractivity (Wildman–Crippen MR) is 114 cm³/mol. The highest BCUT2D eigenvalue weighted by molar-refractivity contribution is 5.86. The van der Waals surface area contributed by atoms with Crippen molar-refractivity contribution in [2.75, 3.05) is 0 Å². The number of fused-ring (bicyclic) bond motifs is 1. The number of aryl methyl sites for hydroxylation is 2. The monoisotopic (exact) mass is 382 g/mol. The number of ketones is 1. The average Bonchev–Trinajstić information content (AvgIpc) is 2.71. The van der Waals surface area contributed by atoms with E-state index in [-0.39, 0.29) is 5.78 Å². The second kappa shape index (κ2) is 8.23. The van der Waals surface area contributed by atoms with Crippen LogP contribution in [0.4, 0.5) is 0 Å². The van der Waals surface area contributed by atoms with Gasteiger partial charge in [0.05, 0.1) is 11.7 Å². The van der Waals surface area contributed by atoms with Gasteiger partial charge in [-0.25, -0.2) is 0 Å². The molecule has 4 rings (SSSR count). The number of carbonyl (C=O) groups excluding carboxylic acids is 1. The minimum absolute atomic E-state index is 0.142. The normalized spacial score (nSPS) is 10.8. The summed E-state index contributed by atoms with van der Waals surface area (Å²) < 4.78 is 6.05. The molecule has 2 heterocycles. The maximum atomic E-state index is 12.3. The van der Waals surface area contributed by atoms with Crippen molar-refractivity contribution in [3.8, 4) is 11.5 Å². The maximum absolute atomic E-state index is 12.3. The van der Waals surface area contributed by atoms with Crippen molar-refractivity contribution >= 4 is 16.7 Å². The highest BCUT2D eigenvalue weighted by Gasteiger charge is 2.09. The molecule has 29 heavy (non-hydrogen) atoms. The van der Waals surface area contributed by atoms with Crippen LogP contribution in [0, 0.1) is 13.8 Å².